The van der Waals surface area contributed by atoms with Gasteiger partial charge in [0.2, 0.25) is 0 Å². The Morgan fingerprint density at radius 3 is 2.75 bits per heavy atom. The molecular weight excluding hydrogens is 250 g/mol. The first-order chi connectivity index (χ1) is 9.49. The van der Waals surface area contributed by atoms with Gasteiger partial charge in [-0.15, -0.1) is 5.10 Å². The largest absolute Gasteiger partial charge is 0.330 e. The van der Waals surface area contributed by atoms with Crippen molar-refractivity contribution in [2.75, 3.05) is 13.1 Å². The van der Waals surface area contributed by atoms with Gasteiger partial charge in [0, 0.05) is 18.3 Å². The van der Waals surface area contributed by atoms with E-state index < -0.39 is 0 Å². The molecule has 0 aromatic carbocycles. The summed E-state index contributed by atoms with van der Waals surface area (Å²) in [5.41, 5.74) is 6.81. The monoisotopic (exact) mass is 281 g/mol. The number of nitrogens with two attached hydrogens (primary N) is 1. The Bertz CT molecular complexity index is 372. The van der Waals surface area contributed by atoms with Crippen molar-refractivity contribution in [3.8, 4) is 0 Å². The van der Waals surface area contributed by atoms with Crippen LogP contribution in [0.4, 0.5) is 0 Å². The predicted molar refractivity (Wildman–Crippen MR) is 83.6 cm³/mol. The Kier molecular flexibility index (Phi) is 7.16. The number of hydrogen-bond donors (Lipinski definition) is 2. The minimum absolute atomic E-state index is 0.159. The predicted octanol–water partition coefficient (Wildman–Crippen LogP) is 1.97. The van der Waals surface area contributed by atoms with Gasteiger partial charge in [-0.1, -0.05) is 19.1 Å². The molecule has 1 heterocycles. The van der Waals surface area contributed by atoms with E-state index >= 15 is 0 Å². The van der Waals surface area contributed by atoms with Crippen molar-refractivity contribution in [2.24, 2.45) is 11.7 Å². The minimum Gasteiger partial charge on any atom is -0.330 e. The van der Waals surface area contributed by atoms with Crippen molar-refractivity contribution in [3.63, 3.8) is 0 Å². The molecule has 1 unspecified atom stereocenters. The molecule has 0 aliphatic rings. The van der Waals surface area contributed by atoms with E-state index in [0.717, 1.165) is 44.6 Å². The molecule has 0 fully saturated rings. The van der Waals surface area contributed by atoms with Gasteiger partial charge in [-0.2, -0.15) is 0 Å². The Morgan fingerprint density at radius 1 is 1.40 bits per heavy atom. The Labute approximate surface area is 123 Å². The summed E-state index contributed by atoms with van der Waals surface area (Å²) in [4.78, 5) is 0. The highest BCUT2D eigenvalue weighted by atomic mass is 15.4. The molecule has 0 aliphatic carbocycles. The molecule has 0 saturated carbocycles. The molecule has 1 aromatic rings. The molecule has 0 amide bonds. The SMILES string of the molecule is CCc1cn(CCCNC(C)(C)C(C)CCCN)nn1. The molecule has 20 heavy (non-hydrogen) atoms. The number of nitrogens with zero attached hydrogens (tertiary/aromatic N) is 3. The molecule has 0 bridgehead atoms. The summed E-state index contributed by atoms with van der Waals surface area (Å²) in [6.45, 7) is 11.7. The van der Waals surface area contributed by atoms with Gasteiger partial charge in [0.15, 0.2) is 0 Å². The fourth-order valence-electron chi connectivity index (χ4n) is 2.22. The third-order valence-electron chi connectivity index (χ3n) is 4.17. The lowest BCUT2D eigenvalue weighted by Crippen LogP contribution is -2.45. The van der Waals surface area contributed by atoms with Crippen LogP contribution in [0.3, 0.4) is 0 Å². The van der Waals surface area contributed by atoms with Crippen molar-refractivity contribution in [3.05, 3.63) is 11.9 Å². The first kappa shape index (κ1) is 17.1. The molecule has 5 nitrogen and oxygen atoms in total. The maximum absolute atomic E-state index is 5.58. The highest BCUT2D eigenvalue weighted by molar-refractivity contribution is 4.90. The number of rotatable bonds is 10. The molecule has 3 N–H and O–H groups in total. The standard InChI is InChI=1S/C15H31N5/c1-5-14-12-20(19-18-14)11-7-10-17-15(3,4)13(2)8-6-9-16/h12-13,17H,5-11,16H2,1-4H3. The van der Waals surface area contributed by atoms with Crippen LogP contribution in [0.1, 0.15) is 52.7 Å². The molecular formula is C15H31N5. The summed E-state index contributed by atoms with van der Waals surface area (Å²) in [6.07, 6.45) is 6.34. The number of nitrogens with one attached hydrogen (secondary N) is 1. The first-order valence-electron chi connectivity index (χ1n) is 7.83. The smallest absolute Gasteiger partial charge is 0.0824 e. The topological polar surface area (TPSA) is 68.8 Å². The molecule has 0 spiro atoms. The summed E-state index contributed by atoms with van der Waals surface area (Å²) in [7, 11) is 0. The van der Waals surface area contributed by atoms with E-state index in [1.165, 1.54) is 6.42 Å². The summed E-state index contributed by atoms with van der Waals surface area (Å²) in [5, 5.41) is 11.9. The molecule has 0 radical (unpaired) electrons. The van der Waals surface area contributed by atoms with Crippen LogP contribution in [0, 0.1) is 5.92 Å². The third kappa shape index (κ3) is 5.59. The fraction of sp³-hybridized carbons (Fsp3) is 0.867. The van der Waals surface area contributed by atoms with Crippen LogP contribution in [0.25, 0.3) is 0 Å². The van der Waals surface area contributed by atoms with Crippen LogP contribution in [-0.4, -0.2) is 33.6 Å². The maximum atomic E-state index is 5.58. The highest BCUT2D eigenvalue weighted by Gasteiger charge is 2.24. The molecule has 0 saturated heterocycles. The van der Waals surface area contributed by atoms with Gasteiger partial charge < -0.3 is 11.1 Å². The zero-order chi connectivity index (χ0) is 15.0. The van der Waals surface area contributed by atoms with E-state index in [1.54, 1.807) is 0 Å². The Hall–Kier alpha value is -0.940. The van der Waals surface area contributed by atoms with Crippen LogP contribution in [0.2, 0.25) is 0 Å². The summed E-state index contributed by atoms with van der Waals surface area (Å²) in [6, 6.07) is 0. The molecule has 0 aliphatic heterocycles. The van der Waals surface area contributed by atoms with Gasteiger partial charge in [-0.3, -0.25) is 4.68 Å². The lowest BCUT2D eigenvalue weighted by Gasteiger charge is -2.33. The van der Waals surface area contributed by atoms with Crippen molar-refractivity contribution < 1.29 is 0 Å². The summed E-state index contributed by atoms with van der Waals surface area (Å²) < 4.78 is 1.94. The zero-order valence-electron chi connectivity index (χ0n) is 13.5. The molecule has 116 valence electrons. The van der Waals surface area contributed by atoms with Gasteiger partial charge in [0.25, 0.3) is 0 Å². The fourth-order valence-corrected chi connectivity index (χ4v) is 2.22. The number of hydrogen-bond acceptors (Lipinski definition) is 4. The average molecular weight is 281 g/mol. The molecule has 1 atom stereocenters. The maximum Gasteiger partial charge on any atom is 0.0824 e. The van der Waals surface area contributed by atoms with E-state index in [4.69, 9.17) is 5.73 Å². The van der Waals surface area contributed by atoms with Gasteiger partial charge >= 0.3 is 0 Å². The second-order valence-electron chi connectivity index (χ2n) is 6.16. The molecule has 5 heteroatoms. The van der Waals surface area contributed by atoms with Crippen LogP contribution < -0.4 is 11.1 Å². The quantitative estimate of drug-likeness (QED) is 0.643. The van der Waals surface area contributed by atoms with Crippen molar-refractivity contribution in [1.82, 2.24) is 20.3 Å². The van der Waals surface area contributed by atoms with Gasteiger partial charge in [0.05, 0.1) is 5.69 Å². The first-order valence-corrected chi connectivity index (χ1v) is 7.83. The number of aryl methyl sites for hydroxylation is 2. The third-order valence-corrected chi connectivity index (χ3v) is 4.17. The normalized spacial score (nSPS) is 13.7. The van der Waals surface area contributed by atoms with E-state index in [0.29, 0.717) is 5.92 Å². The van der Waals surface area contributed by atoms with Crippen molar-refractivity contribution in [2.45, 2.75) is 65.5 Å². The van der Waals surface area contributed by atoms with Crippen LogP contribution in [0.5, 0.6) is 0 Å². The second kappa shape index (κ2) is 8.37. The Morgan fingerprint density at radius 2 is 2.15 bits per heavy atom. The second-order valence-corrected chi connectivity index (χ2v) is 6.16. The van der Waals surface area contributed by atoms with E-state index in [1.807, 2.05) is 10.9 Å². The molecule has 1 rings (SSSR count). The van der Waals surface area contributed by atoms with E-state index in [-0.39, 0.29) is 5.54 Å². The highest BCUT2D eigenvalue weighted by Crippen LogP contribution is 2.20. The Balaban J connectivity index is 2.25. The van der Waals surface area contributed by atoms with Crippen LogP contribution >= 0.6 is 0 Å². The lowest BCUT2D eigenvalue weighted by molar-refractivity contribution is 0.251. The van der Waals surface area contributed by atoms with Crippen LogP contribution in [-0.2, 0) is 13.0 Å². The average Bonchev–Trinajstić information content (AvgIpc) is 2.88. The zero-order valence-corrected chi connectivity index (χ0v) is 13.5. The summed E-state index contributed by atoms with van der Waals surface area (Å²) in [5.74, 6) is 0.629. The number of aromatic nitrogens is 3. The van der Waals surface area contributed by atoms with Crippen molar-refractivity contribution in [1.29, 1.82) is 0 Å². The van der Waals surface area contributed by atoms with Gasteiger partial charge in [-0.05, 0) is 58.5 Å². The lowest BCUT2D eigenvalue weighted by atomic mass is 9.85. The van der Waals surface area contributed by atoms with Crippen LogP contribution in [0.15, 0.2) is 6.20 Å². The molecule has 1 aromatic heterocycles. The minimum atomic E-state index is 0.159. The van der Waals surface area contributed by atoms with Crippen molar-refractivity contribution >= 4 is 0 Å². The van der Waals surface area contributed by atoms with E-state index in [9.17, 15) is 0 Å². The van der Waals surface area contributed by atoms with E-state index in [2.05, 4.69) is 43.3 Å². The van der Waals surface area contributed by atoms with Gasteiger partial charge in [0.1, 0.15) is 0 Å². The summed E-state index contributed by atoms with van der Waals surface area (Å²) >= 11 is 0. The van der Waals surface area contributed by atoms with Gasteiger partial charge in [-0.25, -0.2) is 0 Å².